The molecule has 2 heterocycles. The number of ether oxygens (including phenoxy) is 1. The fraction of sp³-hybridized carbons (Fsp3) is 0.308. The minimum Gasteiger partial charge on any atom is -0.493 e. The average molecular weight is 475 g/mol. The number of aromatic nitrogens is 2. The van der Waals surface area contributed by atoms with Crippen LogP contribution in [0.15, 0.2) is 52.6 Å². The first-order valence-electron chi connectivity index (χ1n) is 11.5. The van der Waals surface area contributed by atoms with E-state index in [1.54, 1.807) is 17.6 Å². The number of nitrogens with one attached hydrogen (secondary N) is 1. The summed E-state index contributed by atoms with van der Waals surface area (Å²) in [6, 6.07) is 11.8. The van der Waals surface area contributed by atoms with Gasteiger partial charge in [0.1, 0.15) is 17.1 Å². The number of carbonyl (C=O) groups is 1. The molecule has 174 valence electrons. The Kier molecular flexibility index (Phi) is 6.15. The second-order valence-electron chi connectivity index (χ2n) is 8.63. The number of hydrazone groups is 1. The van der Waals surface area contributed by atoms with Crippen molar-refractivity contribution in [1.29, 1.82) is 0 Å². The summed E-state index contributed by atoms with van der Waals surface area (Å²) in [5.41, 5.74) is 4.28. The number of fused-ring (bicyclic) bond motifs is 4. The molecule has 1 atom stereocenters. The lowest BCUT2D eigenvalue weighted by atomic mass is 9.89. The zero-order valence-electron chi connectivity index (χ0n) is 19.2. The molecule has 1 N–H and O–H groups in total. The fourth-order valence-corrected chi connectivity index (χ4v) is 5.87. The van der Waals surface area contributed by atoms with Gasteiger partial charge in [-0.2, -0.15) is 5.10 Å². The standard InChI is InChI=1S/C26H26N4O3S/c1-3-33-21-11-9-17-6-4-5-7-18(17)20(21)13-28-29-23(31)14-30-15-27-25-24(26(30)32)19-10-8-16(2)12-22(19)34-25/h4-7,9,11,13,15-16H,3,8,10,12,14H2,1-2H3,(H,29,31)/b28-13-/t16-/m1/s1. The van der Waals surface area contributed by atoms with Crippen LogP contribution in [0.25, 0.3) is 21.0 Å². The molecular weight excluding hydrogens is 448 g/mol. The molecule has 1 aliphatic rings. The fourth-order valence-electron chi connectivity index (χ4n) is 4.53. The van der Waals surface area contributed by atoms with E-state index in [1.165, 1.54) is 15.8 Å². The Hall–Kier alpha value is -3.52. The first-order chi connectivity index (χ1) is 16.5. The van der Waals surface area contributed by atoms with Gasteiger partial charge in [-0.25, -0.2) is 10.4 Å². The number of hydrogen-bond acceptors (Lipinski definition) is 6. The first-order valence-corrected chi connectivity index (χ1v) is 12.3. The lowest BCUT2D eigenvalue weighted by molar-refractivity contribution is -0.121. The zero-order valence-corrected chi connectivity index (χ0v) is 20.0. The van der Waals surface area contributed by atoms with Crippen LogP contribution in [0.2, 0.25) is 0 Å². The van der Waals surface area contributed by atoms with Gasteiger partial charge in [0.15, 0.2) is 0 Å². The van der Waals surface area contributed by atoms with Crippen molar-refractivity contribution in [3.05, 3.63) is 69.1 Å². The Balaban J connectivity index is 1.36. The summed E-state index contributed by atoms with van der Waals surface area (Å²) in [4.78, 5) is 32.2. The molecule has 0 bridgehead atoms. The molecule has 7 nitrogen and oxygen atoms in total. The number of hydrogen-bond donors (Lipinski definition) is 1. The van der Waals surface area contributed by atoms with Gasteiger partial charge >= 0.3 is 0 Å². The zero-order chi connectivity index (χ0) is 23.7. The highest BCUT2D eigenvalue weighted by atomic mass is 32.1. The summed E-state index contributed by atoms with van der Waals surface area (Å²) < 4.78 is 7.11. The Labute approximate surface area is 201 Å². The van der Waals surface area contributed by atoms with Crippen LogP contribution in [0.4, 0.5) is 0 Å². The van der Waals surface area contributed by atoms with Crippen molar-refractivity contribution < 1.29 is 9.53 Å². The van der Waals surface area contributed by atoms with Crippen LogP contribution in [-0.4, -0.2) is 28.3 Å². The van der Waals surface area contributed by atoms with Gasteiger partial charge in [-0.3, -0.25) is 14.2 Å². The molecule has 34 heavy (non-hydrogen) atoms. The van der Waals surface area contributed by atoms with E-state index >= 15 is 0 Å². The minimum atomic E-state index is -0.393. The summed E-state index contributed by atoms with van der Waals surface area (Å²) in [7, 11) is 0. The Morgan fingerprint density at radius 2 is 2.18 bits per heavy atom. The Morgan fingerprint density at radius 1 is 1.32 bits per heavy atom. The Bertz CT molecular complexity index is 1470. The van der Waals surface area contributed by atoms with Gasteiger partial charge in [-0.1, -0.05) is 37.3 Å². The van der Waals surface area contributed by atoms with Crippen molar-refractivity contribution in [1.82, 2.24) is 15.0 Å². The molecule has 2 aromatic heterocycles. The van der Waals surface area contributed by atoms with E-state index in [-0.39, 0.29) is 12.1 Å². The largest absolute Gasteiger partial charge is 0.493 e. The van der Waals surface area contributed by atoms with Crippen molar-refractivity contribution in [3.8, 4) is 5.75 Å². The number of thiophene rings is 1. The smallest absolute Gasteiger partial charge is 0.262 e. The maximum absolute atomic E-state index is 13.1. The molecule has 1 aliphatic carbocycles. The lowest BCUT2D eigenvalue weighted by Crippen LogP contribution is -2.30. The van der Waals surface area contributed by atoms with E-state index in [2.05, 4.69) is 22.4 Å². The SMILES string of the molecule is CCOc1ccc2ccccc2c1/C=N\NC(=O)Cn1cnc2sc3c(c2c1=O)CC[C@@H](C)C3. The number of benzene rings is 2. The van der Waals surface area contributed by atoms with Crippen LogP contribution < -0.4 is 15.7 Å². The molecule has 0 spiro atoms. The molecule has 1 amide bonds. The topological polar surface area (TPSA) is 85.6 Å². The maximum Gasteiger partial charge on any atom is 0.262 e. The molecule has 0 radical (unpaired) electrons. The number of rotatable bonds is 6. The summed E-state index contributed by atoms with van der Waals surface area (Å²) in [6.45, 7) is 4.54. The van der Waals surface area contributed by atoms with E-state index < -0.39 is 5.91 Å². The quantitative estimate of drug-likeness (QED) is 0.334. The highest BCUT2D eigenvalue weighted by molar-refractivity contribution is 7.18. The van der Waals surface area contributed by atoms with Crippen LogP contribution in [0.3, 0.4) is 0 Å². The second-order valence-corrected chi connectivity index (χ2v) is 9.72. The molecule has 0 aliphatic heterocycles. The van der Waals surface area contributed by atoms with E-state index in [9.17, 15) is 9.59 Å². The van der Waals surface area contributed by atoms with Crippen molar-refractivity contribution in [3.63, 3.8) is 0 Å². The van der Waals surface area contributed by atoms with Crippen LogP contribution >= 0.6 is 11.3 Å². The first kappa shape index (κ1) is 22.3. The molecular formula is C26H26N4O3S. The maximum atomic E-state index is 13.1. The number of aryl methyl sites for hydroxylation is 1. The molecule has 0 unspecified atom stereocenters. The summed E-state index contributed by atoms with van der Waals surface area (Å²) in [5, 5.41) is 6.86. The third-order valence-corrected chi connectivity index (χ3v) is 7.37. The van der Waals surface area contributed by atoms with Crippen LogP contribution in [0, 0.1) is 5.92 Å². The van der Waals surface area contributed by atoms with Gasteiger partial charge in [0, 0.05) is 10.4 Å². The highest BCUT2D eigenvalue weighted by Gasteiger charge is 2.23. The van der Waals surface area contributed by atoms with Crippen LogP contribution in [0.1, 0.15) is 36.3 Å². The van der Waals surface area contributed by atoms with Gasteiger partial charge in [-0.05, 0) is 54.5 Å². The normalized spacial score (nSPS) is 15.6. The monoisotopic (exact) mass is 474 g/mol. The molecule has 5 rings (SSSR count). The van der Waals surface area contributed by atoms with Crippen molar-refractivity contribution in [2.45, 2.75) is 39.7 Å². The number of amides is 1. The van der Waals surface area contributed by atoms with Gasteiger partial charge in [0.05, 0.1) is 24.5 Å². The van der Waals surface area contributed by atoms with Gasteiger partial charge in [0.2, 0.25) is 0 Å². The van der Waals surface area contributed by atoms with E-state index in [0.29, 0.717) is 23.7 Å². The van der Waals surface area contributed by atoms with Crippen LogP contribution in [0.5, 0.6) is 5.75 Å². The number of carbonyl (C=O) groups excluding carboxylic acids is 1. The molecule has 4 aromatic rings. The van der Waals surface area contributed by atoms with Gasteiger partial charge in [-0.15, -0.1) is 11.3 Å². The summed E-state index contributed by atoms with van der Waals surface area (Å²) >= 11 is 1.60. The van der Waals surface area contributed by atoms with Gasteiger partial charge in [0.25, 0.3) is 11.5 Å². The second kappa shape index (κ2) is 9.38. The van der Waals surface area contributed by atoms with Crippen LogP contribution in [-0.2, 0) is 24.2 Å². The molecule has 0 fully saturated rings. The molecule has 8 heteroatoms. The minimum absolute atomic E-state index is 0.145. The van der Waals surface area contributed by atoms with Crippen molar-refractivity contribution >= 4 is 44.4 Å². The van der Waals surface area contributed by atoms with Crippen molar-refractivity contribution in [2.75, 3.05) is 6.61 Å². The lowest BCUT2D eigenvalue weighted by Gasteiger charge is -2.17. The molecule has 0 saturated carbocycles. The van der Waals surface area contributed by atoms with E-state index in [1.807, 2.05) is 43.3 Å². The predicted molar refractivity (Wildman–Crippen MR) is 136 cm³/mol. The third kappa shape index (κ3) is 4.21. The van der Waals surface area contributed by atoms with E-state index in [0.717, 1.165) is 46.0 Å². The molecule has 2 aromatic carbocycles. The van der Waals surface area contributed by atoms with E-state index in [4.69, 9.17) is 4.74 Å². The Morgan fingerprint density at radius 3 is 3.03 bits per heavy atom. The van der Waals surface area contributed by atoms with Crippen molar-refractivity contribution in [2.24, 2.45) is 11.0 Å². The molecule has 0 saturated heterocycles. The van der Waals surface area contributed by atoms with Gasteiger partial charge < -0.3 is 4.74 Å². The summed E-state index contributed by atoms with van der Waals surface area (Å²) in [6.07, 6.45) is 5.99. The highest BCUT2D eigenvalue weighted by Crippen LogP contribution is 2.35. The third-order valence-electron chi connectivity index (χ3n) is 6.21. The predicted octanol–water partition coefficient (Wildman–Crippen LogP) is 4.29. The summed E-state index contributed by atoms with van der Waals surface area (Å²) in [5.74, 6) is 0.924. The average Bonchev–Trinajstić information content (AvgIpc) is 3.20. The number of nitrogens with zero attached hydrogens (tertiary/aromatic N) is 3.